The average Bonchev–Trinajstić information content (AvgIpc) is 2.38. The van der Waals surface area contributed by atoms with Gasteiger partial charge in [-0.25, -0.2) is 14.2 Å². The Labute approximate surface area is 126 Å². The molecule has 2 aromatic rings. The van der Waals surface area contributed by atoms with Gasteiger partial charge in [-0.3, -0.25) is 4.79 Å². The number of aryl methyl sites for hydroxylation is 1. The minimum atomic E-state index is -0.651. The smallest absolute Gasteiger partial charge is 0.349 e. The molecule has 0 radical (unpaired) electrons. The van der Waals surface area contributed by atoms with Crippen LogP contribution in [0.2, 0.25) is 0 Å². The molecule has 0 spiro atoms. The molecular formula is C16H15FN2O3. The molecule has 2 aromatic heterocycles. The summed E-state index contributed by atoms with van der Waals surface area (Å²) in [4.78, 5) is 28.0. The highest BCUT2D eigenvalue weighted by atomic mass is 19.1. The number of rotatable bonds is 3. The summed E-state index contributed by atoms with van der Waals surface area (Å²) < 4.78 is 18.1. The lowest BCUT2D eigenvalue weighted by atomic mass is 9.83. The van der Waals surface area contributed by atoms with Crippen molar-refractivity contribution >= 4 is 11.7 Å². The topological polar surface area (TPSA) is 72.2 Å². The highest BCUT2D eigenvalue weighted by Gasteiger charge is 2.25. The number of aromatic nitrogens is 1. The van der Waals surface area contributed by atoms with E-state index >= 15 is 0 Å². The average molecular weight is 302 g/mol. The van der Waals surface area contributed by atoms with Gasteiger partial charge in [-0.2, -0.15) is 0 Å². The number of anilines is 1. The summed E-state index contributed by atoms with van der Waals surface area (Å²) >= 11 is 0. The first-order valence-electron chi connectivity index (χ1n) is 7.12. The molecule has 1 N–H and O–H groups in total. The van der Waals surface area contributed by atoms with E-state index in [1.54, 1.807) is 13.0 Å². The number of hydrogen-bond donors (Lipinski definition) is 1. The molecule has 0 unspecified atom stereocenters. The van der Waals surface area contributed by atoms with Crippen LogP contribution in [-0.4, -0.2) is 10.9 Å². The van der Waals surface area contributed by atoms with E-state index in [2.05, 4.69) is 10.3 Å². The third-order valence-electron chi connectivity index (χ3n) is 3.87. The minimum absolute atomic E-state index is 0.0470. The van der Waals surface area contributed by atoms with Crippen LogP contribution in [0, 0.1) is 12.7 Å². The van der Waals surface area contributed by atoms with Gasteiger partial charge in [-0.1, -0.05) is 6.42 Å². The van der Waals surface area contributed by atoms with E-state index in [4.69, 9.17) is 4.42 Å². The first-order valence-corrected chi connectivity index (χ1v) is 7.12. The monoisotopic (exact) mass is 302 g/mol. The van der Waals surface area contributed by atoms with Gasteiger partial charge in [-0.15, -0.1) is 0 Å². The van der Waals surface area contributed by atoms with Gasteiger partial charge in [0.1, 0.15) is 23.0 Å². The molecule has 1 fully saturated rings. The molecule has 114 valence electrons. The van der Waals surface area contributed by atoms with Gasteiger partial charge in [0.2, 0.25) is 0 Å². The van der Waals surface area contributed by atoms with Crippen LogP contribution in [0.3, 0.4) is 0 Å². The van der Waals surface area contributed by atoms with Gasteiger partial charge in [0.05, 0.1) is 6.20 Å². The Morgan fingerprint density at radius 3 is 2.73 bits per heavy atom. The minimum Gasteiger partial charge on any atom is -0.427 e. The maximum absolute atomic E-state index is 12.8. The van der Waals surface area contributed by atoms with Crippen molar-refractivity contribution in [3.63, 3.8) is 0 Å². The van der Waals surface area contributed by atoms with Crippen molar-refractivity contribution in [2.45, 2.75) is 32.1 Å². The van der Waals surface area contributed by atoms with E-state index in [0.29, 0.717) is 11.3 Å². The van der Waals surface area contributed by atoms with Crippen LogP contribution in [-0.2, 0) is 0 Å². The standard InChI is InChI=1S/C16H15FN2O3/c1-9-7-12(10-3-2-4-10)22-16(21)14(9)15(20)19-13-6-5-11(17)8-18-13/h5-8,10H,2-4H2,1H3,(H,18,19,20). The molecule has 0 saturated heterocycles. The Balaban J connectivity index is 1.85. The molecule has 22 heavy (non-hydrogen) atoms. The van der Waals surface area contributed by atoms with E-state index in [-0.39, 0.29) is 17.3 Å². The number of halogens is 1. The van der Waals surface area contributed by atoms with E-state index in [1.165, 1.54) is 12.1 Å². The molecule has 0 aromatic carbocycles. The van der Waals surface area contributed by atoms with Crippen molar-refractivity contribution < 1.29 is 13.6 Å². The maximum Gasteiger partial charge on any atom is 0.349 e. The number of amides is 1. The van der Waals surface area contributed by atoms with Crippen LogP contribution in [0.25, 0.3) is 0 Å². The fraction of sp³-hybridized carbons (Fsp3) is 0.312. The second-order valence-electron chi connectivity index (χ2n) is 5.44. The number of nitrogens with zero attached hydrogens (tertiary/aromatic N) is 1. The predicted molar refractivity (Wildman–Crippen MR) is 78.5 cm³/mol. The molecule has 2 heterocycles. The van der Waals surface area contributed by atoms with Crippen molar-refractivity contribution in [1.29, 1.82) is 0 Å². The zero-order valence-electron chi connectivity index (χ0n) is 12.1. The second kappa shape index (κ2) is 5.71. The zero-order valence-corrected chi connectivity index (χ0v) is 12.1. The SMILES string of the molecule is Cc1cc(C2CCC2)oc(=O)c1C(=O)Nc1ccc(F)cn1. The Hall–Kier alpha value is -2.50. The third kappa shape index (κ3) is 2.77. The molecule has 0 atom stereocenters. The Morgan fingerprint density at radius 2 is 2.18 bits per heavy atom. The Bertz CT molecular complexity index is 764. The van der Waals surface area contributed by atoms with Crippen molar-refractivity contribution in [2.24, 2.45) is 0 Å². The van der Waals surface area contributed by atoms with Crippen LogP contribution in [0.5, 0.6) is 0 Å². The molecule has 1 amide bonds. The lowest BCUT2D eigenvalue weighted by Gasteiger charge is -2.24. The van der Waals surface area contributed by atoms with Gasteiger partial charge < -0.3 is 9.73 Å². The number of carbonyl (C=O) groups is 1. The van der Waals surface area contributed by atoms with Gasteiger partial charge in [-0.05, 0) is 43.5 Å². The van der Waals surface area contributed by atoms with Crippen LogP contribution >= 0.6 is 0 Å². The zero-order chi connectivity index (χ0) is 15.7. The van der Waals surface area contributed by atoms with Crippen LogP contribution in [0.4, 0.5) is 10.2 Å². The number of pyridine rings is 1. The Morgan fingerprint density at radius 1 is 1.41 bits per heavy atom. The molecule has 3 rings (SSSR count). The number of nitrogens with one attached hydrogen (secondary N) is 1. The molecule has 5 nitrogen and oxygen atoms in total. The Kier molecular flexibility index (Phi) is 3.75. The lowest BCUT2D eigenvalue weighted by Crippen LogP contribution is -2.24. The first kappa shape index (κ1) is 14.4. The van der Waals surface area contributed by atoms with Gasteiger partial charge in [0.15, 0.2) is 0 Å². The summed E-state index contributed by atoms with van der Waals surface area (Å²) in [5.74, 6) is -0.00943. The second-order valence-corrected chi connectivity index (χ2v) is 5.44. The largest absolute Gasteiger partial charge is 0.427 e. The van der Waals surface area contributed by atoms with Crippen molar-refractivity contribution in [3.8, 4) is 0 Å². The van der Waals surface area contributed by atoms with Crippen LogP contribution in [0.15, 0.2) is 33.6 Å². The molecule has 1 aliphatic rings. The van der Waals surface area contributed by atoms with Crippen LogP contribution in [0.1, 0.15) is 46.9 Å². The first-order chi connectivity index (χ1) is 10.5. The summed E-state index contributed by atoms with van der Waals surface area (Å²) in [6.45, 7) is 1.70. The molecule has 0 bridgehead atoms. The van der Waals surface area contributed by atoms with Crippen molar-refractivity contribution in [2.75, 3.05) is 5.32 Å². The summed E-state index contributed by atoms with van der Waals surface area (Å²) in [6, 6.07) is 4.25. The number of hydrogen-bond acceptors (Lipinski definition) is 4. The van der Waals surface area contributed by atoms with Gasteiger partial charge in [0.25, 0.3) is 5.91 Å². The van der Waals surface area contributed by atoms with Gasteiger partial charge >= 0.3 is 5.63 Å². The summed E-state index contributed by atoms with van der Waals surface area (Å²) in [5, 5.41) is 2.47. The van der Waals surface area contributed by atoms with Crippen LogP contribution < -0.4 is 10.9 Å². The molecule has 0 aliphatic heterocycles. The lowest BCUT2D eigenvalue weighted by molar-refractivity contribution is 0.102. The number of carbonyl (C=O) groups excluding carboxylic acids is 1. The highest BCUT2D eigenvalue weighted by Crippen LogP contribution is 2.36. The normalized spacial score (nSPS) is 14.5. The van der Waals surface area contributed by atoms with E-state index < -0.39 is 17.3 Å². The fourth-order valence-electron chi connectivity index (χ4n) is 2.43. The molecule has 6 heteroatoms. The third-order valence-corrected chi connectivity index (χ3v) is 3.87. The van der Waals surface area contributed by atoms with Crippen molar-refractivity contribution in [3.05, 3.63) is 57.5 Å². The van der Waals surface area contributed by atoms with E-state index in [0.717, 1.165) is 25.5 Å². The summed E-state index contributed by atoms with van der Waals surface area (Å²) in [5.41, 5.74) is -0.131. The maximum atomic E-state index is 12.8. The summed E-state index contributed by atoms with van der Waals surface area (Å²) in [6.07, 6.45) is 4.14. The predicted octanol–water partition coefficient (Wildman–Crippen LogP) is 3.00. The molecule has 1 aliphatic carbocycles. The van der Waals surface area contributed by atoms with E-state index in [1.807, 2.05) is 0 Å². The quantitative estimate of drug-likeness (QED) is 0.946. The van der Waals surface area contributed by atoms with Gasteiger partial charge in [0, 0.05) is 5.92 Å². The summed E-state index contributed by atoms with van der Waals surface area (Å²) in [7, 11) is 0. The fourth-order valence-corrected chi connectivity index (χ4v) is 2.43. The molecule has 1 saturated carbocycles. The highest BCUT2D eigenvalue weighted by molar-refractivity contribution is 6.04. The van der Waals surface area contributed by atoms with E-state index in [9.17, 15) is 14.0 Å². The molecular weight excluding hydrogens is 287 g/mol. The van der Waals surface area contributed by atoms with Crippen molar-refractivity contribution in [1.82, 2.24) is 4.98 Å².